The third-order valence-corrected chi connectivity index (χ3v) is 6.55. The summed E-state index contributed by atoms with van der Waals surface area (Å²) in [6.45, 7) is 0. The second-order valence-electron chi connectivity index (χ2n) is 8.72. The Morgan fingerprint density at radius 1 is 0.514 bits per heavy atom. The van der Waals surface area contributed by atoms with Crippen LogP contribution < -0.4 is 0 Å². The molecule has 0 spiro atoms. The van der Waals surface area contributed by atoms with E-state index in [0.29, 0.717) is 5.89 Å². The van der Waals surface area contributed by atoms with Crippen LogP contribution in [0.15, 0.2) is 126 Å². The molecule has 3 heteroatoms. The first kappa shape index (κ1) is 19.7. The molecule has 0 bridgehead atoms. The molecule has 0 N–H and O–H groups in total. The molecule has 0 aliphatic rings. The van der Waals surface area contributed by atoms with Crippen LogP contribution >= 0.6 is 0 Å². The topological polar surface area (TPSA) is 38.9 Å². The van der Waals surface area contributed by atoms with E-state index in [9.17, 15) is 0 Å². The van der Waals surface area contributed by atoms with Crippen LogP contribution in [0.5, 0.6) is 0 Å². The number of hydrogen-bond acceptors (Lipinski definition) is 3. The second-order valence-corrected chi connectivity index (χ2v) is 8.72. The van der Waals surface area contributed by atoms with E-state index in [4.69, 9.17) is 9.40 Å². The summed E-state index contributed by atoms with van der Waals surface area (Å²) in [4.78, 5) is 9.33. The average molecular weight is 449 g/mol. The van der Waals surface area contributed by atoms with Crippen LogP contribution in [-0.2, 0) is 0 Å². The largest absolute Gasteiger partial charge is 0.436 e. The van der Waals surface area contributed by atoms with Crippen LogP contribution in [0.4, 0.5) is 0 Å². The lowest BCUT2D eigenvalue weighted by molar-refractivity contribution is 0.620. The number of nitrogens with zero attached hydrogens (tertiary/aromatic N) is 2. The van der Waals surface area contributed by atoms with E-state index in [2.05, 4.69) is 83.8 Å². The van der Waals surface area contributed by atoms with Gasteiger partial charge in [-0.25, -0.2) is 4.98 Å². The van der Waals surface area contributed by atoms with E-state index in [1.54, 1.807) is 0 Å². The van der Waals surface area contributed by atoms with Crippen LogP contribution in [0.3, 0.4) is 0 Å². The van der Waals surface area contributed by atoms with Crippen molar-refractivity contribution < 1.29 is 4.42 Å². The van der Waals surface area contributed by atoms with Crippen LogP contribution in [-0.4, -0.2) is 9.97 Å². The van der Waals surface area contributed by atoms with Crippen molar-refractivity contribution in [2.45, 2.75) is 0 Å². The second kappa shape index (κ2) is 7.93. The van der Waals surface area contributed by atoms with Gasteiger partial charge in [0.05, 0.1) is 0 Å². The molecule has 0 unspecified atom stereocenters. The fourth-order valence-corrected chi connectivity index (χ4v) is 4.88. The number of pyridine rings is 1. The Labute approximate surface area is 202 Å². The molecule has 0 aliphatic carbocycles. The summed E-state index contributed by atoms with van der Waals surface area (Å²) in [5, 5.41) is 4.71. The predicted molar refractivity (Wildman–Crippen MR) is 143 cm³/mol. The highest BCUT2D eigenvalue weighted by Gasteiger charge is 2.15. The van der Waals surface area contributed by atoms with Crippen molar-refractivity contribution in [3.8, 4) is 33.7 Å². The average Bonchev–Trinajstić information content (AvgIpc) is 3.37. The molecule has 35 heavy (non-hydrogen) atoms. The molecule has 0 radical (unpaired) electrons. The molecule has 0 amide bonds. The SMILES string of the molecule is c1ccc2c(-c3cc(-c4nc5ccccc5o4)cc(-c4cncc5ccccc45)c3)cccc2c1. The lowest BCUT2D eigenvalue weighted by Gasteiger charge is -2.13. The monoisotopic (exact) mass is 448 g/mol. The molecule has 2 heterocycles. The minimum Gasteiger partial charge on any atom is -0.436 e. The van der Waals surface area contributed by atoms with Crippen molar-refractivity contribution in [3.63, 3.8) is 0 Å². The maximum absolute atomic E-state index is 6.18. The number of fused-ring (bicyclic) bond motifs is 3. The summed E-state index contributed by atoms with van der Waals surface area (Å²) in [6, 6.07) is 37.8. The van der Waals surface area contributed by atoms with Gasteiger partial charge in [0.15, 0.2) is 5.58 Å². The number of para-hydroxylation sites is 2. The highest BCUT2D eigenvalue weighted by molar-refractivity contribution is 6.00. The highest BCUT2D eigenvalue weighted by atomic mass is 16.3. The summed E-state index contributed by atoms with van der Waals surface area (Å²) < 4.78 is 6.18. The van der Waals surface area contributed by atoms with Gasteiger partial charge < -0.3 is 4.42 Å². The Bertz CT molecular complexity index is 1720. The van der Waals surface area contributed by atoms with E-state index in [0.717, 1.165) is 38.7 Å². The maximum atomic E-state index is 6.18. The van der Waals surface area contributed by atoms with Gasteiger partial charge in [-0.1, -0.05) is 78.9 Å². The zero-order chi connectivity index (χ0) is 23.2. The Hall–Kier alpha value is -4.76. The first-order valence-corrected chi connectivity index (χ1v) is 11.7. The quantitative estimate of drug-likeness (QED) is 0.272. The summed E-state index contributed by atoms with van der Waals surface area (Å²) in [7, 11) is 0. The van der Waals surface area contributed by atoms with Crippen molar-refractivity contribution in [1.82, 2.24) is 9.97 Å². The summed E-state index contributed by atoms with van der Waals surface area (Å²) in [5.41, 5.74) is 7.03. The van der Waals surface area contributed by atoms with Crippen LogP contribution in [0.1, 0.15) is 0 Å². The molecule has 7 aromatic rings. The predicted octanol–water partition coefficient (Wildman–Crippen LogP) is 8.53. The minimum absolute atomic E-state index is 0.614. The number of oxazole rings is 1. The minimum atomic E-state index is 0.614. The normalized spacial score (nSPS) is 11.4. The Morgan fingerprint density at radius 3 is 2.03 bits per heavy atom. The molecular weight excluding hydrogens is 428 g/mol. The summed E-state index contributed by atoms with van der Waals surface area (Å²) >= 11 is 0. The van der Waals surface area contributed by atoms with Gasteiger partial charge in [-0.3, -0.25) is 4.98 Å². The first-order valence-electron chi connectivity index (χ1n) is 11.7. The van der Waals surface area contributed by atoms with E-state index in [1.807, 2.05) is 42.7 Å². The van der Waals surface area contributed by atoms with Crippen molar-refractivity contribution >= 4 is 32.6 Å². The van der Waals surface area contributed by atoms with Crippen LogP contribution in [0.2, 0.25) is 0 Å². The zero-order valence-electron chi connectivity index (χ0n) is 18.8. The van der Waals surface area contributed by atoms with Crippen LogP contribution in [0, 0.1) is 0 Å². The summed E-state index contributed by atoms with van der Waals surface area (Å²) in [6.07, 6.45) is 3.86. The molecule has 2 aromatic heterocycles. The molecular formula is C32H20N2O. The van der Waals surface area contributed by atoms with Crippen molar-refractivity contribution in [2.75, 3.05) is 0 Å². The van der Waals surface area contributed by atoms with Gasteiger partial charge in [0, 0.05) is 28.9 Å². The van der Waals surface area contributed by atoms with E-state index in [1.165, 1.54) is 21.7 Å². The van der Waals surface area contributed by atoms with Gasteiger partial charge in [-0.05, 0) is 63.2 Å². The van der Waals surface area contributed by atoms with Gasteiger partial charge in [0.2, 0.25) is 5.89 Å². The lowest BCUT2D eigenvalue weighted by Crippen LogP contribution is -1.89. The number of benzene rings is 5. The van der Waals surface area contributed by atoms with Gasteiger partial charge in [-0.15, -0.1) is 0 Å². The fraction of sp³-hybridized carbons (Fsp3) is 0. The number of hydrogen-bond donors (Lipinski definition) is 0. The van der Waals surface area contributed by atoms with E-state index in [-0.39, 0.29) is 0 Å². The molecule has 0 saturated heterocycles. The van der Waals surface area contributed by atoms with Gasteiger partial charge in [0.25, 0.3) is 0 Å². The van der Waals surface area contributed by atoms with E-state index >= 15 is 0 Å². The Balaban J connectivity index is 1.52. The van der Waals surface area contributed by atoms with Crippen molar-refractivity contribution in [1.29, 1.82) is 0 Å². The molecule has 5 aromatic carbocycles. The molecule has 0 saturated carbocycles. The Morgan fingerprint density at radius 2 is 1.17 bits per heavy atom. The lowest BCUT2D eigenvalue weighted by atomic mass is 9.92. The summed E-state index contributed by atoms with van der Waals surface area (Å²) in [5.74, 6) is 0.614. The smallest absolute Gasteiger partial charge is 0.227 e. The molecule has 7 rings (SSSR count). The third-order valence-electron chi connectivity index (χ3n) is 6.55. The fourth-order valence-electron chi connectivity index (χ4n) is 4.88. The molecule has 0 atom stereocenters. The maximum Gasteiger partial charge on any atom is 0.227 e. The zero-order valence-corrected chi connectivity index (χ0v) is 18.8. The van der Waals surface area contributed by atoms with Crippen molar-refractivity contribution in [3.05, 3.63) is 122 Å². The molecule has 3 nitrogen and oxygen atoms in total. The standard InChI is InChI=1S/C32H20N2O/c1-3-11-26-21(8-1)10-7-13-28(26)23-16-24(29-20-33-19-22-9-2-4-12-27(22)29)18-25(17-23)32-34-30-14-5-6-15-31(30)35-32/h1-20H. The highest BCUT2D eigenvalue weighted by Crippen LogP contribution is 2.38. The first-order chi connectivity index (χ1) is 17.3. The van der Waals surface area contributed by atoms with Crippen molar-refractivity contribution in [2.24, 2.45) is 0 Å². The Kier molecular flexibility index (Phi) is 4.46. The molecule has 164 valence electrons. The van der Waals surface area contributed by atoms with Gasteiger partial charge >= 0.3 is 0 Å². The van der Waals surface area contributed by atoms with Gasteiger partial charge in [-0.2, -0.15) is 0 Å². The number of rotatable bonds is 3. The van der Waals surface area contributed by atoms with Crippen LogP contribution in [0.25, 0.3) is 66.4 Å². The third kappa shape index (κ3) is 3.37. The number of aromatic nitrogens is 2. The van der Waals surface area contributed by atoms with Gasteiger partial charge in [0.1, 0.15) is 5.52 Å². The molecule has 0 fully saturated rings. The van der Waals surface area contributed by atoms with E-state index < -0.39 is 0 Å². The molecule has 0 aliphatic heterocycles.